The lowest BCUT2D eigenvalue weighted by molar-refractivity contribution is -0.131. The Morgan fingerprint density at radius 2 is 2.00 bits per heavy atom. The molecule has 0 bridgehead atoms. The Morgan fingerprint density at radius 3 is 2.65 bits per heavy atom. The van der Waals surface area contributed by atoms with Gasteiger partial charge in [0, 0.05) is 0 Å². The third-order valence-electron chi connectivity index (χ3n) is 2.39. The number of carbonyl (C=O) groups is 2. The summed E-state index contributed by atoms with van der Waals surface area (Å²) in [5.74, 6) is -1.56. The molecule has 2 rings (SSSR count). The SMILES string of the molecule is Cc1cc2c(c(Br)c1C(=O)C(=O)O)OCCO2. The Balaban J connectivity index is 2.61. The van der Waals surface area contributed by atoms with Gasteiger partial charge in [-0.05, 0) is 34.5 Å². The van der Waals surface area contributed by atoms with Crippen molar-refractivity contribution < 1.29 is 24.2 Å². The average molecular weight is 301 g/mol. The Morgan fingerprint density at radius 1 is 1.35 bits per heavy atom. The van der Waals surface area contributed by atoms with Crippen LogP contribution < -0.4 is 9.47 Å². The lowest BCUT2D eigenvalue weighted by atomic mass is 10.0. The van der Waals surface area contributed by atoms with Crippen LogP contribution in [0.3, 0.4) is 0 Å². The van der Waals surface area contributed by atoms with Gasteiger partial charge in [-0.3, -0.25) is 4.79 Å². The zero-order chi connectivity index (χ0) is 12.6. The number of aryl methyl sites for hydroxylation is 1. The van der Waals surface area contributed by atoms with Crippen molar-refractivity contribution in [1.29, 1.82) is 0 Å². The van der Waals surface area contributed by atoms with Gasteiger partial charge in [-0.2, -0.15) is 0 Å². The molecule has 0 spiro atoms. The number of hydrogen-bond acceptors (Lipinski definition) is 4. The van der Waals surface area contributed by atoms with Crippen molar-refractivity contribution in [1.82, 2.24) is 0 Å². The fraction of sp³-hybridized carbons (Fsp3) is 0.273. The number of hydrogen-bond donors (Lipinski definition) is 1. The van der Waals surface area contributed by atoms with Crippen LogP contribution >= 0.6 is 15.9 Å². The van der Waals surface area contributed by atoms with E-state index in [-0.39, 0.29) is 5.56 Å². The predicted octanol–water partition coefficient (Wildman–Crippen LogP) is 1.80. The minimum absolute atomic E-state index is 0.0988. The highest BCUT2D eigenvalue weighted by molar-refractivity contribution is 9.10. The summed E-state index contributed by atoms with van der Waals surface area (Å²) in [6.45, 7) is 2.46. The van der Waals surface area contributed by atoms with Gasteiger partial charge in [0.05, 0.1) is 10.0 Å². The van der Waals surface area contributed by atoms with Crippen LogP contribution in [0.15, 0.2) is 10.5 Å². The molecule has 1 N–H and O–H groups in total. The molecule has 90 valence electrons. The van der Waals surface area contributed by atoms with Crippen molar-refractivity contribution in [2.75, 3.05) is 13.2 Å². The summed E-state index contributed by atoms with van der Waals surface area (Å²) in [6.07, 6.45) is 0. The summed E-state index contributed by atoms with van der Waals surface area (Å²) < 4.78 is 11.1. The zero-order valence-electron chi connectivity index (χ0n) is 8.95. The lowest BCUT2D eigenvalue weighted by Crippen LogP contribution is -2.19. The van der Waals surface area contributed by atoms with Crippen molar-refractivity contribution in [2.45, 2.75) is 6.92 Å². The van der Waals surface area contributed by atoms with E-state index in [0.29, 0.717) is 34.7 Å². The smallest absolute Gasteiger partial charge is 0.377 e. The monoisotopic (exact) mass is 300 g/mol. The molecule has 0 aliphatic carbocycles. The van der Waals surface area contributed by atoms with Gasteiger partial charge < -0.3 is 14.6 Å². The molecule has 1 aromatic rings. The molecule has 0 amide bonds. The second-order valence-corrected chi connectivity index (χ2v) is 4.33. The van der Waals surface area contributed by atoms with E-state index in [1.807, 2.05) is 0 Å². The van der Waals surface area contributed by atoms with Crippen LogP contribution in [0.1, 0.15) is 15.9 Å². The Hall–Kier alpha value is -1.56. The van der Waals surface area contributed by atoms with Crippen molar-refractivity contribution in [3.8, 4) is 11.5 Å². The van der Waals surface area contributed by atoms with E-state index in [1.165, 1.54) is 0 Å². The molecule has 17 heavy (non-hydrogen) atoms. The van der Waals surface area contributed by atoms with Crippen LogP contribution in [0.5, 0.6) is 11.5 Å². The number of carboxylic acids is 1. The normalized spacial score (nSPS) is 13.3. The van der Waals surface area contributed by atoms with Crippen molar-refractivity contribution in [2.24, 2.45) is 0 Å². The summed E-state index contributed by atoms with van der Waals surface area (Å²) >= 11 is 3.20. The van der Waals surface area contributed by atoms with E-state index >= 15 is 0 Å². The molecule has 0 aromatic heterocycles. The second kappa shape index (κ2) is 4.37. The van der Waals surface area contributed by atoms with Crippen molar-refractivity contribution in [3.05, 3.63) is 21.7 Å². The van der Waals surface area contributed by atoms with Gasteiger partial charge in [-0.1, -0.05) is 0 Å². The van der Waals surface area contributed by atoms with Gasteiger partial charge in [-0.25, -0.2) is 4.79 Å². The summed E-state index contributed by atoms with van der Waals surface area (Å²) in [6, 6.07) is 1.61. The summed E-state index contributed by atoms with van der Waals surface area (Å²) in [4.78, 5) is 22.3. The lowest BCUT2D eigenvalue weighted by Gasteiger charge is -2.21. The van der Waals surface area contributed by atoms with Gasteiger partial charge in [-0.15, -0.1) is 0 Å². The molecule has 1 aliphatic heterocycles. The predicted molar refractivity (Wildman–Crippen MR) is 61.8 cm³/mol. The van der Waals surface area contributed by atoms with E-state index in [9.17, 15) is 9.59 Å². The van der Waals surface area contributed by atoms with Crippen LogP contribution in [0.25, 0.3) is 0 Å². The van der Waals surface area contributed by atoms with Gasteiger partial charge in [0.1, 0.15) is 13.2 Å². The maximum absolute atomic E-state index is 11.5. The number of rotatable bonds is 2. The largest absolute Gasteiger partial charge is 0.486 e. The maximum Gasteiger partial charge on any atom is 0.377 e. The molecule has 0 radical (unpaired) electrons. The number of aliphatic carboxylic acids is 1. The van der Waals surface area contributed by atoms with Gasteiger partial charge in [0.25, 0.3) is 5.78 Å². The van der Waals surface area contributed by atoms with Crippen LogP contribution in [0.2, 0.25) is 0 Å². The number of fused-ring (bicyclic) bond motifs is 1. The molecule has 0 saturated heterocycles. The molecule has 5 nitrogen and oxygen atoms in total. The van der Waals surface area contributed by atoms with Gasteiger partial charge >= 0.3 is 5.97 Å². The van der Waals surface area contributed by atoms with E-state index < -0.39 is 11.8 Å². The first-order valence-corrected chi connectivity index (χ1v) is 5.68. The highest BCUT2D eigenvalue weighted by Crippen LogP contribution is 2.41. The minimum atomic E-state index is -1.49. The number of carbonyl (C=O) groups excluding carboxylic acids is 1. The molecule has 0 fully saturated rings. The molecule has 1 heterocycles. The number of ether oxygens (including phenoxy) is 2. The van der Waals surface area contributed by atoms with Crippen molar-refractivity contribution in [3.63, 3.8) is 0 Å². The number of halogens is 1. The molecule has 1 aliphatic rings. The fourth-order valence-electron chi connectivity index (χ4n) is 1.65. The second-order valence-electron chi connectivity index (χ2n) is 3.54. The van der Waals surface area contributed by atoms with E-state index in [1.54, 1.807) is 13.0 Å². The van der Waals surface area contributed by atoms with Crippen LogP contribution in [0.4, 0.5) is 0 Å². The number of Topliss-reactive ketones (excluding diaryl/α,β-unsaturated/α-hetero) is 1. The van der Waals surface area contributed by atoms with Crippen molar-refractivity contribution >= 4 is 27.7 Å². The van der Waals surface area contributed by atoms with Crippen LogP contribution in [0, 0.1) is 6.92 Å². The summed E-state index contributed by atoms with van der Waals surface area (Å²) in [5, 5.41) is 8.75. The van der Waals surface area contributed by atoms with Crippen LogP contribution in [-0.4, -0.2) is 30.1 Å². The molecule has 0 unspecified atom stereocenters. The topological polar surface area (TPSA) is 72.8 Å². The summed E-state index contributed by atoms with van der Waals surface area (Å²) in [7, 11) is 0. The minimum Gasteiger partial charge on any atom is -0.486 e. The maximum atomic E-state index is 11.5. The van der Waals surface area contributed by atoms with Crippen LogP contribution in [-0.2, 0) is 4.79 Å². The molecule has 0 atom stereocenters. The summed E-state index contributed by atoms with van der Waals surface area (Å²) in [5.41, 5.74) is 0.635. The van der Waals surface area contributed by atoms with Gasteiger partial charge in [0.15, 0.2) is 11.5 Å². The molecular formula is C11H9BrO5. The quantitative estimate of drug-likeness (QED) is 0.666. The Kier molecular flexibility index (Phi) is 3.06. The number of benzene rings is 1. The Bertz CT molecular complexity index is 509. The molecule has 1 aromatic carbocycles. The average Bonchev–Trinajstić information content (AvgIpc) is 2.28. The zero-order valence-corrected chi connectivity index (χ0v) is 10.5. The first kappa shape index (κ1) is 11.9. The van der Waals surface area contributed by atoms with E-state index in [2.05, 4.69) is 15.9 Å². The third kappa shape index (κ3) is 2.00. The molecule has 0 saturated carbocycles. The number of ketones is 1. The van der Waals surface area contributed by atoms with E-state index in [4.69, 9.17) is 14.6 Å². The third-order valence-corrected chi connectivity index (χ3v) is 3.15. The standard InChI is InChI=1S/C11H9BrO5/c1-5-4-6-10(17-3-2-16-6)8(12)7(5)9(13)11(14)15/h4H,2-3H2,1H3,(H,14,15). The highest BCUT2D eigenvalue weighted by Gasteiger charge is 2.26. The fourth-order valence-corrected chi connectivity index (χ4v) is 2.45. The first-order valence-electron chi connectivity index (χ1n) is 4.88. The first-order chi connectivity index (χ1) is 8.02. The highest BCUT2D eigenvalue weighted by atomic mass is 79.9. The molecule has 6 heteroatoms. The number of carboxylic acid groups (broad SMARTS) is 1. The molecular weight excluding hydrogens is 292 g/mol. The van der Waals surface area contributed by atoms with Gasteiger partial charge in [0.2, 0.25) is 0 Å². The Labute approximate surface area is 105 Å². The van der Waals surface area contributed by atoms with E-state index in [0.717, 1.165) is 0 Å².